The highest BCUT2D eigenvalue weighted by Crippen LogP contribution is 2.17. The van der Waals surface area contributed by atoms with Gasteiger partial charge >= 0.3 is 0 Å². The lowest BCUT2D eigenvalue weighted by atomic mass is 10.2. The molecule has 0 aliphatic heterocycles. The number of ether oxygens (including phenoxy) is 1. The number of benzene rings is 1. The van der Waals surface area contributed by atoms with Gasteiger partial charge in [0.1, 0.15) is 0 Å². The van der Waals surface area contributed by atoms with Gasteiger partial charge < -0.3 is 4.74 Å². The minimum Gasteiger partial charge on any atom is -0.379 e. The molecule has 0 radical (unpaired) electrons. The molecule has 3 heteroatoms. The third-order valence-corrected chi connectivity index (χ3v) is 3.65. The van der Waals surface area contributed by atoms with E-state index in [4.69, 9.17) is 16.3 Å². The molecule has 0 N–H and O–H groups in total. The largest absolute Gasteiger partial charge is 0.379 e. The predicted molar refractivity (Wildman–Crippen MR) is 82.2 cm³/mol. The lowest BCUT2D eigenvalue weighted by molar-refractivity contribution is 0.231. The molecule has 0 aliphatic rings. The van der Waals surface area contributed by atoms with Gasteiger partial charge in [-0.1, -0.05) is 37.1 Å². The maximum absolute atomic E-state index is 5.84. The molecule has 0 fully saturated rings. The third kappa shape index (κ3) is 6.32. The smallest absolute Gasteiger partial charge is 0.0844 e. The summed E-state index contributed by atoms with van der Waals surface area (Å²) in [6, 6.07) is 7.73. The first-order chi connectivity index (χ1) is 8.76. The van der Waals surface area contributed by atoms with E-state index in [0.29, 0.717) is 6.61 Å². The van der Waals surface area contributed by atoms with E-state index in [9.17, 15) is 0 Å². The summed E-state index contributed by atoms with van der Waals surface area (Å²) in [6.07, 6.45) is 4.41. The molecule has 0 saturated heterocycles. The average Bonchev–Trinajstić information content (AvgIpc) is 2.38. The Labute approximate surface area is 119 Å². The first-order valence-corrected chi connectivity index (χ1v) is 7.45. The van der Waals surface area contributed by atoms with Crippen molar-refractivity contribution >= 4 is 29.4 Å². The molecule has 98 valence electrons. The van der Waals surface area contributed by atoms with Crippen molar-refractivity contribution in [2.24, 2.45) is 0 Å². The molecule has 1 rings (SSSR count). The minimum atomic E-state index is 0.623. The quantitative estimate of drug-likeness (QED) is 0.513. The highest BCUT2D eigenvalue weighted by molar-refractivity contribution is 8.03. The Bertz CT molecular complexity index is 405. The van der Waals surface area contributed by atoms with Crippen LogP contribution in [-0.4, -0.2) is 19.5 Å². The van der Waals surface area contributed by atoms with Gasteiger partial charge in [-0.25, -0.2) is 0 Å². The number of hydrogen-bond donors (Lipinski definition) is 0. The number of thioether (sulfide) groups is 1. The maximum Gasteiger partial charge on any atom is 0.0844 e. The summed E-state index contributed by atoms with van der Waals surface area (Å²) in [5.74, 6) is 1.12. The van der Waals surface area contributed by atoms with Crippen LogP contribution in [0.3, 0.4) is 0 Å². The van der Waals surface area contributed by atoms with Crippen LogP contribution in [-0.2, 0) is 4.74 Å². The van der Waals surface area contributed by atoms with E-state index in [1.54, 1.807) is 7.11 Å². The fourth-order valence-electron chi connectivity index (χ4n) is 1.32. The molecule has 0 unspecified atom stereocenters. The maximum atomic E-state index is 5.84. The van der Waals surface area contributed by atoms with E-state index in [1.807, 2.05) is 42.1 Å². The van der Waals surface area contributed by atoms with Crippen molar-refractivity contribution in [1.82, 2.24) is 0 Å². The van der Waals surface area contributed by atoms with Crippen molar-refractivity contribution < 1.29 is 4.74 Å². The normalized spacial score (nSPS) is 9.94. The van der Waals surface area contributed by atoms with Gasteiger partial charge in [0.2, 0.25) is 0 Å². The van der Waals surface area contributed by atoms with Crippen molar-refractivity contribution in [3.8, 4) is 0 Å². The van der Waals surface area contributed by atoms with Gasteiger partial charge in [0.25, 0.3) is 0 Å². The summed E-state index contributed by atoms with van der Waals surface area (Å²) < 4.78 is 5.18. The van der Waals surface area contributed by atoms with Crippen molar-refractivity contribution in [3.63, 3.8) is 0 Å². The van der Waals surface area contributed by atoms with Gasteiger partial charge in [0, 0.05) is 12.1 Å². The Kier molecular flexibility index (Phi) is 7.95. The van der Waals surface area contributed by atoms with E-state index >= 15 is 0 Å². The second kappa shape index (κ2) is 9.29. The van der Waals surface area contributed by atoms with Gasteiger partial charge in [-0.15, -0.1) is 17.5 Å². The van der Waals surface area contributed by atoms with Crippen LogP contribution in [0.25, 0.3) is 6.08 Å². The van der Waals surface area contributed by atoms with E-state index in [-0.39, 0.29) is 0 Å². The predicted octanol–water partition coefficient (Wildman–Crippen LogP) is 5.02. The molecule has 0 atom stereocenters. The lowest BCUT2D eigenvalue weighted by Crippen LogP contribution is -1.90. The Hall–Kier alpha value is -0.660. The molecule has 1 nitrogen and oxygen atoms in total. The molecule has 18 heavy (non-hydrogen) atoms. The van der Waals surface area contributed by atoms with E-state index < -0.39 is 0 Å². The van der Waals surface area contributed by atoms with Gasteiger partial charge in [-0.3, -0.25) is 0 Å². The van der Waals surface area contributed by atoms with Crippen LogP contribution >= 0.6 is 23.4 Å². The Morgan fingerprint density at radius 2 is 2.11 bits per heavy atom. The number of methoxy groups -OCH3 is 1. The van der Waals surface area contributed by atoms with Crippen molar-refractivity contribution in [2.45, 2.75) is 19.8 Å². The zero-order valence-electron chi connectivity index (χ0n) is 10.9. The Balaban J connectivity index is 2.69. The molecule has 0 heterocycles. The summed E-state index contributed by atoms with van der Waals surface area (Å²) in [5.41, 5.74) is 4.40. The number of unbranched alkanes of at least 4 members (excludes halogenated alkanes) is 1. The number of hydrogen-bond acceptors (Lipinski definition) is 2. The van der Waals surface area contributed by atoms with Gasteiger partial charge in [0.15, 0.2) is 0 Å². The minimum absolute atomic E-state index is 0.623. The molecule has 0 saturated carbocycles. The second-order valence-corrected chi connectivity index (χ2v) is 5.52. The fourth-order valence-corrected chi connectivity index (χ4v) is 2.47. The summed E-state index contributed by atoms with van der Waals surface area (Å²) in [6.45, 7) is 2.82. The summed E-state index contributed by atoms with van der Waals surface area (Å²) in [5, 5.41) is 0.755. The van der Waals surface area contributed by atoms with Crippen LogP contribution in [0.1, 0.15) is 25.3 Å². The monoisotopic (exact) mass is 282 g/mol. The van der Waals surface area contributed by atoms with Crippen molar-refractivity contribution in [3.05, 3.63) is 45.5 Å². The van der Waals surface area contributed by atoms with Crippen LogP contribution in [0.5, 0.6) is 0 Å². The van der Waals surface area contributed by atoms with Crippen molar-refractivity contribution in [1.29, 1.82) is 0 Å². The van der Waals surface area contributed by atoms with Crippen LogP contribution in [0.4, 0.5) is 0 Å². The SMILES string of the molecule is CCCCSC(=C=Cc1ccc(Cl)cc1)COC. The Morgan fingerprint density at radius 1 is 1.39 bits per heavy atom. The fraction of sp³-hybridized carbons (Fsp3) is 0.400. The molecular weight excluding hydrogens is 264 g/mol. The van der Waals surface area contributed by atoms with Crippen LogP contribution in [0.15, 0.2) is 34.9 Å². The zero-order chi connectivity index (χ0) is 13.2. The highest BCUT2D eigenvalue weighted by Gasteiger charge is 1.96. The summed E-state index contributed by atoms with van der Waals surface area (Å²) >= 11 is 7.66. The topological polar surface area (TPSA) is 9.23 Å². The molecule has 0 aromatic heterocycles. The molecule has 0 aliphatic carbocycles. The highest BCUT2D eigenvalue weighted by atomic mass is 35.5. The van der Waals surface area contributed by atoms with Crippen LogP contribution < -0.4 is 0 Å². The lowest BCUT2D eigenvalue weighted by Gasteiger charge is -2.02. The van der Waals surface area contributed by atoms with Gasteiger partial charge in [0.05, 0.1) is 11.5 Å². The van der Waals surface area contributed by atoms with Gasteiger partial charge in [-0.2, -0.15) is 0 Å². The van der Waals surface area contributed by atoms with Crippen molar-refractivity contribution in [2.75, 3.05) is 19.5 Å². The van der Waals surface area contributed by atoms with Crippen LogP contribution in [0, 0.1) is 0 Å². The molecule has 1 aromatic carbocycles. The standard InChI is InChI=1S/C15H19ClOS/c1-3-4-11-18-15(12-17-2)10-7-13-5-8-14(16)9-6-13/h5-9H,3-4,11-12H2,1-2H3. The van der Waals surface area contributed by atoms with E-state index in [0.717, 1.165) is 21.2 Å². The molecule has 0 bridgehead atoms. The summed E-state index contributed by atoms with van der Waals surface area (Å²) in [4.78, 5) is 1.14. The number of rotatable bonds is 7. The molecule has 0 spiro atoms. The third-order valence-electron chi connectivity index (χ3n) is 2.32. The van der Waals surface area contributed by atoms with Crippen LogP contribution in [0.2, 0.25) is 5.02 Å². The van der Waals surface area contributed by atoms with E-state index in [1.165, 1.54) is 12.8 Å². The first-order valence-electron chi connectivity index (χ1n) is 6.09. The Morgan fingerprint density at radius 3 is 2.72 bits per heavy atom. The number of halogens is 1. The zero-order valence-corrected chi connectivity index (χ0v) is 12.5. The molecule has 0 amide bonds. The molecule has 1 aromatic rings. The first kappa shape index (κ1) is 15.4. The second-order valence-electron chi connectivity index (χ2n) is 3.90. The van der Waals surface area contributed by atoms with E-state index in [2.05, 4.69) is 12.7 Å². The average molecular weight is 283 g/mol. The molecular formula is C15H19ClOS. The summed E-state index contributed by atoms with van der Waals surface area (Å²) in [7, 11) is 1.71. The van der Waals surface area contributed by atoms with Gasteiger partial charge in [-0.05, 0) is 35.9 Å².